The van der Waals surface area contributed by atoms with Crippen LogP contribution >= 0.6 is 0 Å². The third kappa shape index (κ3) is 5.56. The molecular weight excluding hydrogens is 374 g/mol. The molecule has 0 atom stereocenters. The summed E-state index contributed by atoms with van der Waals surface area (Å²) >= 11 is 0. The van der Waals surface area contributed by atoms with Crippen LogP contribution in [0.25, 0.3) is 5.82 Å². The van der Waals surface area contributed by atoms with E-state index in [4.69, 9.17) is 5.73 Å². The maximum absolute atomic E-state index is 9.30. The van der Waals surface area contributed by atoms with Gasteiger partial charge in [-0.15, -0.1) is 0 Å². The Morgan fingerprint density at radius 2 is 2.17 bits per heavy atom. The van der Waals surface area contributed by atoms with Gasteiger partial charge in [0.05, 0.1) is 24.4 Å². The van der Waals surface area contributed by atoms with E-state index in [1.807, 2.05) is 48.8 Å². The van der Waals surface area contributed by atoms with Crippen molar-refractivity contribution < 1.29 is 0 Å². The zero-order chi connectivity index (χ0) is 21.2. The van der Waals surface area contributed by atoms with Gasteiger partial charge < -0.3 is 5.73 Å². The van der Waals surface area contributed by atoms with E-state index in [9.17, 15) is 5.26 Å². The van der Waals surface area contributed by atoms with Crippen LogP contribution in [0.5, 0.6) is 0 Å². The standard InChI is InChI=1S/C23H23N7/c1-26-13-19(7-8-24)14-27-16-21-6-5-18(12-25)10-22(21)11-20-15-29-30(17-20)23-4-2-3-9-28-23/h2-6,9-10,13-15,17H,1,7-8,11,16,24H2/b19-13-,27-14-. The van der Waals surface area contributed by atoms with Crippen LogP contribution in [0.4, 0.5) is 0 Å². The highest BCUT2D eigenvalue weighted by Gasteiger charge is 2.08. The second kappa shape index (κ2) is 10.6. The number of hydrogen-bond donors (Lipinski definition) is 1. The smallest absolute Gasteiger partial charge is 0.153 e. The van der Waals surface area contributed by atoms with Crippen LogP contribution in [0.2, 0.25) is 0 Å². The van der Waals surface area contributed by atoms with Crippen molar-refractivity contribution in [1.82, 2.24) is 14.8 Å². The minimum Gasteiger partial charge on any atom is -0.330 e. The van der Waals surface area contributed by atoms with Gasteiger partial charge in [-0.1, -0.05) is 12.1 Å². The summed E-state index contributed by atoms with van der Waals surface area (Å²) in [7, 11) is 0. The van der Waals surface area contributed by atoms with Crippen molar-refractivity contribution in [1.29, 1.82) is 5.26 Å². The van der Waals surface area contributed by atoms with Crippen LogP contribution in [0, 0.1) is 11.3 Å². The number of nitrogens with zero attached hydrogens (tertiary/aromatic N) is 6. The zero-order valence-electron chi connectivity index (χ0n) is 16.6. The van der Waals surface area contributed by atoms with E-state index < -0.39 is 0 Å². The molecule has 30 heavy (non-hydrogen) atoms. The Labute approximate surface area is 175 Å². The maximum Gasteiger partial charge on any atom is 0.153 e. The molecule has 0 bridgehead atoms. The molecule has 0 fully saturated rings. The van der Waals surface area contributed by atoms with E-state index in [2.05, 4.69) is 32.9 Å². The molecule has 0 saturated carbocycles. The molecule has 0 amide bonds. The molecule has 0 saturated heterocycles. The number of aromatic nitrogens is 3. The lowest BCUT2D eigenvalue weighted by molar-refractivity contribution is 0.846. The summed E-state index contributed by atoms with van der Waals surface area (Å²) in [5.74, 6) is 0.759. The van der Waals surface area contributed by atoms with Gasteiger partial charge in [0.25, 0.3) is 0 Å². The fraction of sp³-hybridized carbons (Fsp3) is 0.174. The lowest BCUT2D eigenvalue weighted by atomic mass is 9.99. The van der Waals surface area contributed by atoms with E-state index in [1.165, 1.54) is 0 Å². The second-order valence-corrected chi connectivity index (χ2v) is 6.65. The van der Waals surface area contributed by atoms with E-state index in [0.717, 1.165) is 28.1 Å². The summed E-state index contributed by atoms with van der Waals surface area (Å²) in [4.78, 5) is 12.6. The van der Waals surface area contributed by atoms with Crippen molar-refractivity contribution >= 4 is 12.9 Å². The number of pyridine rings is 1. The Kier molecular flexibility index (Phi) is 7.36. The number of aliphatic imine (C=N–C) groups is 2. The Morgan fingerprint density at radius 1 is 1.27 bits per heavy atom. The molecule has 0 aliphatic carbocycles. The van der Waals surface area contributed by atoms with E-state index in [1.54, 1.807) is 23.3 Å². The molecule has 0 aliphatic heterocycles. The zero-order valence-corrected chi connectivity index (χ0v) is 16.6. The molecule has 7 heteroatoms. The van der Waals surface area contributed by atoms with Gasteiger partial charge in [0.1, 0.15) is 0 Å². The van der Waals surface area contributed by atoms with Crippen LogP contribution in [0.3, 0.4) is 0 Å². The minimum atomic E-state index is 0.495. The minimum absolute atomic E-state index is 0.495. The largest absolute Gasteiger partial charge is 0.330 e. The molecule has 0 unspecified atom stereocenters. The normalized spacial score (nSPS) is 11.5. The summed E-state index contributed by atoms with van der Waals surface area (Å²) in [6.07, 6.45) is 10.3. The predicted octanol–water partition coefficient (Wildman–Crippen LogP) is 3.23. The lowest BCUT2D eigenvalue weighted by Gasteiger charge is -2.08. The fourth-order valence-corrected chi connectivity index (χ4v) is 3.01. The monoisotopic (exact) mass is 397 g/mol. The molecule has 0 aliphatic rings. The van der Waals surface area contributed by atoms with Gasteiger partial charge in [0.15, 0.2) is 5.82 Å². The van der Waals surface area contributed by atoms with E-state index >= 15 is 0 Å². The van der Waals surface area contributed by atoms with E-state index in [0.29, 0.717) is 31.5 Å². The topological polar surface area (TPSA) is 105 Å². The van der Waals surface area contributed by atoms with Crippen molar-refractivity contribution in [3.63, 3.8) is 0 Å². The number of nitriles is 1. The van der Waals surface area contributed by atoms with Gasteiger partial charge in [0.2, 0.25) is 0 Å². The summed E-state index contributed by atoms with van der Waals surface area (Å²) < 4.78 is 1.74. The number of rotatable bonds is 9. The molecular formula is C23H23N7. The molecule has 150 valence electrons. The third-order valence-corrected chi connectivity index (χ3v) is 4.46. The van der Waals surface area contributed by atoms with Crippen LogP contribution in [-0.4, -0.2) is 34.2 Å². The molecule has 0 spiro atoms. The highest BCUT2D eigenvalue weighted by atomic mass is 15.3. The number of hydrogen-bond acceptors (Lipinski definition) is 6. The first-order valence-corrected chi connectivity index (χ1v) is 9.55. The molecule has 1 aromatic carbocycles. The van der Waals surface area contributed by atoms with Crippen LogP contribution in [0.1, 0.15) is 28.7 Å². The van der Waals surface area contributed by atoms with Crippen molar-refractivity contribution in [3.05, 3.63) is 89.0 Å². The van der Waals surface area contributed by atoms with Crippen molar-refractivity contribution in [2.24, 2.45) is 15.7 Å². The van der Waals surface area contributed by atoms with Gasteiger partial charge in [-0.3, -0.25) is 9.98 Å². The molecule has 2 aromatic heterocycles. The molecule has 3 aromatic rings. The van der Waals surface area contributed by atoms with Gasteiger partial charge in [-0.25, -0.2) is 9.67 Å². The predicted molar refractivity (Wildman–Crippen MR) is 119 cm³/mol. The number of nitrogens with two attached hydrogens (primary N) is 1. The van der Waals surface area contributed by atoms with Crippen molar-refractivity contribution in [3.8, 4) is 11.9 Å². The maximum atomic E-state index is 9.30. The molecule has 3 rings (SSSR count). The van der Waals surface area contributed by atoms with E-state index in [-0.39, 0.29) is 0 Å². The van der Waals surface area contributed by atoms with Gasteiger partial charge in [-0.2, -0.15) is 10.4 Å². The summed E-state index contributed by atoms with van der Waals surface area (Å²) in [6, 6.07) is 13.6. The first-order chi connectivity index (χ1) is 14.7. The van der Waals surface area contributed by atoms with Crippen molar-refractivity contribution in [2.45, 2.75) is 19.4 Å². The number of benzene rings is 1. The van der Waals surface area contributed by atoms with Crippen molar-refractivity contribution in [2.75, 3.05) is 6.54 Å². The molecule has 7 nitrogen and oxygen atoms in total. The average molecular weight is 397 g/mol. The van der Waals surface area contributed by atoms with Crippen LogP contribution < -0.4 is 5.73 Å². The average Bonchev–Trinajstić information content (AvgIpc) is 3.24. The Hall–Kier alpha value is -3.89. The Morgan fingerprint density at radius 3 is 2.90 bits per heavy atom. The highest BCUT2D eigenvalue weighted by molar-refractivity contribution is 5.78. The quantitative estimate of drug-likeness (QED) is 0.560. The SMILES string of the molecule is C=N/C=C(\C=N/Cc1ccc(C#N)cc1Cc1cnn(-c2ccccn2)c1)CCN. The summed E-state index contributed by atoms with van der Waals surface area (Å²) in [5, 5.41) is 13.7. The Balaban J connectivity index is 1.80. The van der Waals surface area contributed by atoms with Gasteiger partial charge in [-0.05, 0) is 66.2 Å². The highest BCUT2D eigenvalue weighted by Crippen LogP contribution is 2.18. The third-order valence-electron chi connectivity index (χ3n) is 4.46. The fourth-order valence-electron chi connectivity index (χ4n) is 3.01. The molecule has 0 radical (unpaired) electrons. The lowest BCUT2D eigenvalue weighted by Crippen LogP contribution is -2.01. The Bertz CT molecular complexity index is 1090. The first-order valence-electron chi connectivity index (χ1n) is 9.55. The van der Waals surface area contributed by atoms with Crippen LogP contribution in [-0.2, 0) is 13.0 Å². The second-order valence-electron chi connectivity index (χ2n) is 6.65. The summed E-state index contributed by atoms with van der Waals surface area (Å²) in [6.45, 7) is 4.50. The molecule has 2 N–H and O–H groups in total. The van der Waals surface area contributed by atoms with Gasteiger partial charge in [0, 0.05) is 31.2 Å². The first kappa shape index (κ1) is 20.8. The van der Waals surface area contributed by atoms with Gasteiger partial charge >= 0.3 is 0 Å². The summed E-state index contributed by atoms with van der Waals surface area (Å²) in [5.41, 5.74) is 10.3. The molecule has 2 heterocycles. The van der Waals surface area contributed by atoms with Crippen LogP contribution in [0.15, 0.2) is 76.7 Å².